The maximum atomic E-state index is 13.1. The highest BCUT2D eigenvalue weighted by atomic mass is 32.2. The summed E-state index contributed by atoms with van der Waals surface area (Å²) in [6, 6.07) is 5.08. The van der Waals surface area contributed by atoms with Crippen LogP contribution in [0.1, 0.15) is 38.3 Å². The molecule has 0 bridgehead atoms. The molecule has 1 aliphatic rings. The van der Waals surface area contributed by atoms with E-state index in [1.807, 2.05) is 0 Å². The number of rotatable bonds is 7. The van der Waals surface area contributed by atoms with Gasteiger partial charge in [-0.1, -0.05) is 0 Å². The molecule has 0 aromatic heterocycles. The van der Waals surface area contributed by atoms with Gasteiger partial charge in [-0.3, -0.25) is 4.72 Å². The highest BCUT2D eigenvalue weighted by Crippen LogP contribution is 2.37. The van der Waals surface area contributed by atoms with Gasteiger partial charge in [-0.2, -0.15) is 0 Å². The van der Waals surface area contributed by atoms with E-state index in [1.165, 1.54) is 32.4 Å². The fraction of sp³-hybridized carbons (Fsp3) is 0.263. The molecule has 29 heavy (non-hydrogen) atoms. The normalized spacial score (nSPS) is 12.9. The van der Waals surface area contributed by atoms with Crippen LogP contribution in [0.15, 0.2) is 29.2 Å². The molecule has 0 aliphatic heterocycles. The first kappa shape index (κ1) is 20.5. The Kier molecular flexibility index (Phi) is 5.38. The summed E-state index contributed by atoms with van der Waals surface area (Å²) in [5, 5.41) is 18.8. The third kappa shape index (κ3) is 3.83. The van der Waals surface area contributed by atoms with Gasteiger partial charge in [0.1, 0.15) is 17.2 Å². The zero-order chi connectivity index (χ0) is 21.3. The van der Waals surface area contributed by atoms with E-state index in [2.05, 4.69) is 4.72 Å². The molecule has 0 fully saturated rings. The number of ether oxygens (including phenoxy) is 2. The Morgan fingerprint density at radius 2 is 1.72 bits per heavy atom. The van der Waals surface area contributed by atoms with E-state index < -0.39 is 22.0 Å². The minimum absolute atomic E-state index is 0.0450. The Hall–Kier alpha value is -3.27. The van der Waals surface area contributed by atoms with Crippen LogP contribution in [0.5, 0.6) is 11.5 Å². The van der Waals surface area contributed by atoms with Crippen LogP contribution >= 0.6 is 0 Å². The number of sulfonamides is 1. The standard InChI is InChI=1S/C19H19NO8S/c1-27-12-8-14(19(23)24)17(15(9-12)28-2)20-29(25,26)16-7-11(18(21)22)6-10-4-3-5-13(10)16/h6-9,20H,3-5H2,1-2H3,(H,21,22)(H,23,24). The molecule has 10 heteroatoms. The summed E-state index contributed by atoms with van der Waals surface area (Å²) < 4.78 is 38.8. The van der Waals surface area contributed by atoms with Crippen molar-refractivity contribution in [3.63, 3.8) is 0 Å². The van der Waals surface area contributed by atoms with E-state index in [1.54, 1.807) is 0 Å². The Labute approximate surface area is 166 Å². The highest BCUT2D eigenvalue weighted by Gasteiger charge is 2.29. The first-order valence-corrected chi connectivity index (χ1v) is 10.1. The number of methoxy groups -OCH3 is 2. The van der Waals surface area contributed by atoms with Crippen LogP contribution in [-0.4, -0.2) is 44.8 Å². The molecule has 9 nitrogen and oxygen atoms in total. The molecular formula is C19H19NO8S. The number of nitrogens with one attached hydrogen (secondary N) is 1. The lowest BCUT2D eigenvalue weighted by molar-refractivity contribution is 0.0686. The second-order valence-corrected chi connectivity index (χ2v) is 8.08. The van der Waals surface area contributed by atoms with Crippen LogP contribution < -0.4 is 14.2 Å². The number of anilines is 1. The van der Waals surface area contributed by atoms with Gasteiger partial charge in [-0.15, -0.1) is 0 Å². The summed E-state index contributed by atoms with van der Waals surface area (Å²) in [7, 11) is -1.70. The van der Waals surface area contributed by atoms with Crippen LogP contribution in [-0.2, 0) is 22.9 Å². The second-order valence-electron chi connectivity index (χ2n) is 6.43. The van der Waals surface area contributed by atoms with Gasteiger partial charge in [-0.05, 0) is 48.6 Å². The summed E-state index contributed by atoms with van der Waals surface area (Å²) >= 11 is 0. The van der Waals surface area contributed by atoms with Gasteiger partial charge in [0.15, 0.2) is 0 Å². The van der Waals surface area contributed by atoms with Gasteiger partial charge in [-0.25, -0.2) is 18.0 Å². The second kappa shape index (κ2) is 7.63. The molecule has 2 aromatic carbocycles. The lowest BCUT2D eigenvalue weighted by Gasteiger charge is -2.17. The van der Waals surface area contributed by atoms with Crippen molar-refractivity contribution in [3.05, 3.63) is 46.5 Å². The van der Waals surface area contributed by atoms with Crippen molar-refractivity contribution in [2.24, 2.45) is 0 Å². The number of hydrogen-bond donors (Lipinski definition) is 3. The summed E-state index contributed by atoms with van der Waals surface area (Å²) in [6.07, 6.45) is 1.76. The monoisotopic (exact) mass is 421 g/mol. The van der Waals surface area contributed by atoms with E-state index >= 15 is 0 Å². The van der Waals surface area contributed by atoms with Gasteiger partial charge in [0.05, 0.1) is 30.2 Å². The van der Waals surface area contributed by atoms with Gasteiger partial charge in [0.2, 0.25) is 0 Å². The van der Waals surface area contributed by atoms with E-state index in [0.717, 1.165) is 6.07 Å². The van der Waals surface area contributed by atoms with Crippen LogP contribution in [0.2, 0.25) is 0 Å². The van der Waals surface area contributed by atoms with Crippen molar-refractivity contribution in [2.75, 3.05) is 18.9 Å². The fourth-order valence-corrected chi connectivity index (χ4v) is 4.79. The molecule has 1 aliphatic carbocycles. The molecule has 0 saturated heterocycles. The van der Waals surface area contributed by atoms with Crippen LogP contribution in [0.25, 0.3) is 0 Å². The van der Waals surface area contributed by atoms with Gasteiger partial charge >= 0.3 is 11.9 Å². The number of carboxylic acids is 2. The van der Waals surface area contributed by atoms with E-state index in [0.29, 0.717) is 30.4 Å². The summed E-state index contributed by atoms with van der Waals surface area (Å²) in [6.45, 7) is 0. The average molecular weight is 421 g/mol. The smallest absolute Gasteiger partial charge is 0.338 e. The molecule has 2 aromatic rings. The first-order chi connectivity index (χ1) is 13.7. The van der Waals surface area contributed by atoms with Crippen molar-refractivity contribution in [3.8, 4) is 11.5 Å². The number of benzene rings is 2. The van der Waals surface area contributed by atoms with E-state index in [9.17, 15) is 28.2 Å². The summed E-state index contributed by atoms with van der Waals surface area (Å²) in [5.74, 6) is -2.50. The number of fused-ring (bicyclic) bond motifs is 1. The van der Waals surface area contributed by atoms with Gasteiger partial charge in [0.25, 0.3) is 10.0 Å². The lowest BCUT2D eigenvalue weighted by atomic mass is 10.1. The topological polar surface area (TPSA) is 139 Å². The highest BCUT2D eigenvalue weighted by molar-refractivity contribution is 7.92. The lowest BCUT2D eigenvalue weighted by Crippen LogP contribution is -2.19. The summed E-state index contributed by atoms with van der Waals surface area (Å²) in [5.41, 5.74) is 0.410. The zero-order valence-electron chi connectivity index (χ0n) is 15.7. The molecule has 0 saturated carbocycles. The molecule has 0 heterocycles. The van der Waals surface area contributed by atoms with Crippen molar-refractivity contribution in [1.82, 2.24) is 0 Å². The largest absolute Gasteiger partial charge is 0.497 e. The maximum Gasteiger partial charge on any atom is 0.338 e. The zero-order valence-corrected chi connectivity index (χ0v) is 16.5. The number of aromatic carboxylic acids is 2. The van der Waals surface area contributed by atoms with Crippen molar-refractivity contribution < 1.29 is 37.7 Å². The maximum absolute atomic E-state index is 13.1. The molecular weight excluding hydrogens is 402 g/mol. The number of carbonyl (C=O) groups is 2. The Morgan fingerprint density at radius 1 is 1.00 bits per heavy atom. The van der Waals surface area contributed by atoms with E-state index in [-0.39, 0.29) is 33.2 Å². The number of hydrogen-bond acceptors (Lipinski definition) is 6. The van der Waals surface area contributed by atoms with E-state index in [4.69, 9.17) is 9.47 Å². The third-order valence-electron chi connectivity index (χ3n) is 4.71. The fourth-order valence-electron chi connectivity index (χ4n) is 3.36. The van der Waals surface area contributed by atoms with Crippen LogP contribution in [0.3, 0.4) is 0 Å². The SMILES string of the molecule is COc1cc(OC)c(NS(=O)(=O)c2cc(C(=O)O)cc3c2CCC3)c(C(=O)O)c1. The first-order valence-electron chi connectivity index (χ1n) is 8.59. The van der Waals surface area contributed by atoms with Gasteiger partial charge < -0.3 is 19.7 Å². The minimum Gasteiger partial charge on any atom is -0.497 e. The molecule has 0 spiro atoms. The van der Waals surface area contributed by atoms with Crippen molar-refractivity contribution in [1.29, 1.82) is 0 Å². The molecule has 154 valence electrons. The molecule has 0 unspecified atom stereocenters. The quantitative estimate of drug-likeness (QED) is 0.619. The molecule has 0 atom stereocenters. The van der Waals surface area contributed by atoms with Crippen molar-refractivity contribution >= 4 is 27.6 Å². The molecule has 0 radical (unpaired) electrons. The Bertz CT molecular complexity index is 1110. The number of aryl methyl sites for hydroxylation is 1. The van der Waals surface area contributed by atoms with Gasteiger partial charge in [0, 0.05) is 6.07 Å². The Balaban J connectivity index is 2.17. The minimum atomic E-state index is -4.30. The average Bonchev–Trinajstić information content (AvgIpc) is 3.15. The molecule has 0 amide bonds. The predicted molar refractivity (Wildman–Crippen MR) is 103 cm³/mol. The predicted octanol–water partition coefficient (Wildman–Crippen LogP) is 2.39. The molecule has 3 N–H and O–H groups in total. The van der Waals surface area contributed by atoms with Crippen molar-refractivity contribution in [2.45, 2.75) is 24.2 Å². The Morgan fingerprint density at radius 3 is 2.31 bits per heavy atom. The number of carboxylic acid groups (broad SMARTS) is 2. The molecule has 3 rings (SSSR count). The van der Waals surface area contributed by atoms with Crippen LogP contribution in [0, 0.1) is 0 Å². The third-order valence-corrected chi connectivity index (χ3v) is 6.13. The van der Waals surface area contributed by atoms with Crippen LogP contribution in [0.4, 0.5) is 5.69 Å². The summed E-state index contributed by atoms with van der Waals surface area (Å²) in [4.78, 5) is 22.9.